The minimum atomic E-state index is -3.92. The average molecular weight is 408 g/mol. The molecule has 3 rings (SSSR count). The van der Waals surface area contributed by atoms with E-state index in [1.165, 1.54) is 49.6 Å². The molecule has 9 heteroatoms. The molecule has 27 heavy (non-hydrogen) atoms. The van der Waals surface area contributed by atoms with Gasteiger partial charge in [-0.3, -0.25) is 4.72 Å². The summed E-state index contributed by atoms with van der Waals surface area (Å²) in [5, 5.41) is 9.43. The van der Waals surface area contributed by atoms with E-state index in [1.54, 1.807) is 12.1 Å². The summed E-state index contributed by atoms with van der Waals surface area (Å²) in [5.74, 6) is -0.869. The first-order valence-electron chi connectivity index (χ1n) is 7.60. The maximum Gasteiger partial charge on any atom is 0.371 e. The highest BCUT2D eigenvalue weighted by molar-refractivity contribution is 7.92. The second kappa shape index (κ2) is 7.34. The zero-order valence-electron chi connectivity index (χ0n) is 14.0. The molecule has 140 valence electrons. The number of hydrogen-bond donors (Lipinski definition) is 2. The SMILES string of the molecule is COc1ccc(-c2ccc(C(=O)O)o2)c(NS(=O)(=O)c2ccc(Cl)cc2)c1. The smallest absolute Gasteiger partial charge is 0.371 e. The number of halogens is 1. The van der Waals surface area contributed by atoms with Crippen molar-refractivity contribution >= 4 is 33.3 Å². The fourth-order valence-corrected chi connectivity index (χ4v) is 3.56. The van der Waals surface area contributed by atoms with Gasteiger partial charge in [0.2, 0.25) is 5.76 Å². The van der Waals surface area contributed by atoms with E-state index in [4.69, 9.17) is 25.9 Å². The number of sulfonamides is 1. The van der Waals surface area contributed by atoms with Gasteiger partial charge in [0.15, 0.2) is 0 Å². The normalized spacial score (nSPS) is 11.2. The van der Waals surface area contributed by atoms with Crippen molar-refractivity contribution in [2.24, 2.45) is 0 Å². The Morgan fingerprint density at radius 1 is 1.11 bits per heavy atom. The molecule has 1 heterocycles. The lowest BCUT2D eigenvalue weighted by atomic mass is 10.1. The first-order chi connectivity index (χ1) is 12.8. The topological polar surface area (TPSA) is 106 Å². The molecule has 3 aromatic rings. The molecule has 0 saturated carbocycles. The summed E-state index contributed by atoms with van der Waals surface area (Å²) < 4.78 is 38.3. The van der Waals surface area contributed by atoms with Crippen molar-refractivity contribution in [1.29, 1.82) is 0 Å². The van der Waals surface area contributed by atoms with Crippen LogP contribution >= 0.6 is 11.6 Å². The van der Waals surface area contributed by atoms with Crippen LogP contribution in [0.4, 0.5) is 5.69 Å². The minimum absolute atomic E-state index is 0.0198. The highest BCUT2D eigenvalue weighted by Gasteiger charge is 2.19. The van der Waals surface area contributed by atoms with Gasteiger partial charge in [-0.05, 0) is 48.5 Å². The Labute approximate surface area is 160 Å². The molecule has 2 N–H and O–H groups in total. The van der Waals surface area contributed by atoms with Crippen molar-refractivity contribution < 1.29 is 27.5 Å². The second-order valence-electron chi connectivity index (χ2n) is 5.44. The monoisotopic (exact) mass is 407 g/mol. The number of anilines is 1. The summed E-state index contributed by atoms with van der Waals surface area (Å²) in [5.41, 5.74) is 0.538. The van der Waals surface area contributed by atoms with Crippen molar-refractivity contribution in [2.75, 3.05) is 11.8 Å². The van der Waals surface area contributed by atoms with E-state index in [-0.39, 0.29) is 22.1 Å². The third-order valence-electron chi connectivity index (χ3n) is 3.68. The van der Waals surface area contributed by atoms with Gasteiger partial charge in [0.05, 0.1) is 17.7 Å². The van der Waals surface area contributed by atoms with Gasteiger partial charge in [-0.2, -0.15) is 0 Å². The van der Waals surface area contributed by atoms with Gasteiger partial charge in [0.1, 0.15) is 11.5 Å². The van der Waals surface area contributed by atoms with Gasteiger partial charge in [-0.15, -0.1) is 0 Å². The molecular weight excluding hydrogens is 394 g/mol. The van der Waals surface area contributed by atoms with Crippen LogP contribution in [0.25, 0.3) is 11.3 Å². The maximum atomic E-state index is 12.7. The lowest BCUT2D eigenvalue weighted by Crippen LogP contribution is -2.13. The van der Waals surface area contributed by atoms with Crippen molar-refractivity contribution in [3.8, 4) is 17.1 Å². The zero-order chi connectivity index (χ0) is 19.6. The average Bonchev–Trinajstić information content (AvgIpc) is 3.12. The Morgan fingerprint density at radius 2 is 1.81 bits per heavy atom. The summed E-state index contributed by atoms with van der Waals surface area (Å²) in [7, 11) is -2.47. The van der Waals surface area contributed by atoms with Crippen LogP contribution < -0.4 is 9.46 Å². The Hall–Kier alpha value is -2.97. The van der Waals surface area contributed by atoms with Gasteiger partial charge in [-0.1, -0.05) is 11.6 Å². The quantitative estimate of drug-likeness (QED) is 0.637. The molecule has 0 atom stereocenters. The molecule has 0 fully saturated rings. The van der Waals surface area contributed by atoms with Gasteiger partial charge >= 0.3 is 5.97 Å². The molecule has 1 aromatic heterocycles. The molecular formula is C18H14ClNO6S. The molecule has 0 amide bonds. The van der Waals surface area contributed by atoms with Crippen LogP contribution in [0.5, 0.6) is 5.75 Å². The summed E-state index contributed by atoms with van der Waals surface area (Å²) in [6.07, 6.45) is 0. The van der Waals surface area contributed by atoms with Gasteiger partial charge in [0, 0.05) is 16.7 Å². The lowest BCUT2D eigenvalue weighted by Gasteiger charge is -2.13. The van der Waals surface area contributed by atoms with Crippen LogP contribution in [-0.4, -0.2) is 26.6 Å². The van der Waals surface area contributed by atoms with Crippen LogP contribution in [0.2, 0.25) is 5.02 Å². The molecule has 2 aromatic carbocycles. The van der Waals surface area contributed by atoms with Crippen molar-refractivity contribution in [2.45, 2.75) is 4.90 Å². The van der Waals surface area contributed by atoms with Crippen LogP contribution in [0, 0.1) is 0 Å². The molecule has 0 saturated heterocycles. The van der Waals surface area contributed by atoms with E-state index in [0.717, 1.165) is 0 Å². The van der Waals surface area contributed by atoms with Crippen LogP contribution in [0.15, 0.2) is 63.9 Å². The number of rotatable bonds is 6. The number of benzene rings is 2. The predicted molar refractivity (Wildman–Crippen MR) is 99.9 cm³/mol. The summed E-state index contributed by atoms with van der Waals surface area (Å²) in [6.45, 7) is 0. The fourth-order valence-electron chi connectivity index (χ4n) is 2.36. The van der Waals surface area contributed by atoms with Crippen molar-refractivity contribution in [3.05, 3.63) is 65.4 Å². The van der Waals surface area contributed by atoms with Crippen molar-refractivity contribution in [3.63, 3.8) is 0 Å². The van der Waals surface area contributed by atoms with Crippen molar-refractivity contribution in [1.82, 2.24) is 0 Å². The molecule has 0 radical (unpaired) electrons. The van der Waals surface area contributed by atoms with E-state index < -0.39 is 16.0 Å². The molecule has 7 nitrogen and oxygen atoms in total. The number of ether oxygens (including phenoxy) is 1. The van der Waals surface area contributed by atoms with Gasteiger partial charge in [-0.25, -0.2) is 13.2 Å². The number of carbonyl (C=O) groups is 1. The third-order valence-corrected chi connectivity index (χ3v) is 5.31. The Balaban J connectivity index is 2.05. The van der Waals surface area contributed by atoms with Crippen LogP contribution in [-0.2, 0) is 10.0 Å². The van der Waals surface area contributed by atoms with Crippen LogP contribution in [0.1, 0.15) is 10.6 Å². The predicted octanol–water partition coefficient (Wildman–Crippen LogP) is 4.11. The number of carboxylic acid groups (broad SMARTS) is 1. The second-order valence-corrected chi connectivity index (χ2v) is 7.56. The summed E-state index contributed by atoms with van der Waals surface area (Å²) >= 11 is 5.80. The number of carboxylic acids is 1. The molecule has 0 bridgehead atoms. The summed E-state index contributed by atoms with van der Waals surface area (Å²) in [4.78, 5) is 11.1. The maximum absolute atomic E-state index is 12.7. The molecule has 0 unspecified atom stereocenters. The van der Waals surface area contributed by atoms with Crippen LogP contribution in [0.3, 0.4) is 0 Å². The van der Waals surface area contributed by atoms with E-state index >= 15 is 0 Å². The summed E-state index contributed by atoms with van der Waals surface area (Å²) in [6, 6.07) is 13.1. The lowest BCUT2D eigenvalue weighted by molar-refractivity contribution is 0.0663. The van der Waals surface area contributed by atoms with E-state index in [2.05, 4.69) is 4.72 Å². The fraction of sp³-hybridized carbons (Fsp3) is 0.0556. The van der Waals surface area contributed by atoms with Gasteiger partial charge in [0.25, 0.3) is 10.0 Å². The number of nitrogens with one attached hydrogen (secondary N) is 1. The molecule has 0 aliphatic rings. The third kappa shape index (κ3) is 4.07. The number of furan rings is 1. The zero-order valence-corrected chi connectivity index (χ0v) is 15.5. The molecule has 0 spiro atoms. The highest BCUT2D eigenvalue weighted by atomic mass is 35.5. The highest BCUT2D eigenvalue weighted by Crippen LogP contribution is 2.34. The van der Waals surface area contributed by atoms with E-state index in [9.17, 15) is 13.2 Å². The van der Waals surface area contributed by atoms with Gasteiger partial charge < -0.3 is 14.3 Å². The largest absolute Gasteiger partial charge is 0.497 e. The molecule has 0 aliphatic heterocycles. The van der Waals surface area contributed by atoms with E-state index in [1.807, 2.05) is 0 Å². The Kier molecular flexibility index (Phi) is 5.11. The standard InChI is InChI=1S/C18H14ClNO6S/c1-25-12-4-7-14(16-8-9-17(26-16)18(21)22)15(10-12)20-27(23,24)13-5-2-11(19)3-6-13/h2-10,20H,1H3,(H,21,22). The minimum Gasteiger partial charge on any atom is -0.497 e. The van der Waals surface area contributed by atoms with E-state index in [0.29, 0.717) is 16.3 Å². The Morgan fingerprint density at radius 3 is 2.41 bits per heavy atom. The first kappa shape index (κ1) is 18.8. The first-order valence-corrected chi connectivity index (χ1v) is 9.46. The number of hydrogen-bond acceptors (Lipinski definition) is 5. The molecule has 0 aliphatic carbocycles. The number of aromatic carboxylic acids is 1. The Bertz CT molecular complexity index is 1090. The number of methoxy groups -OCH3 is 1.